The molecule has 1 rings (SSSR count). The second-order valence-electron chi connectivity index (χ2n) is 5.94. The maximum atomic E-state index is 11.7. The Morgan fingerprint density at radius 1 is 0.793 bits per heavy atom. The molecule has 1 aromatic rings. The van der Waals surface area contributed by atoms with Gasteiger partial charge in [0.2, 0.25) is 5.91 Å². The Morgan fingerprint density at radius 2 is 1.38 bits per heavy atom. The van der Waals surface area contributed by atoms with Gasteiger partial charge in [0, 0.05) is 19.6 Å². The van der Waals surface area contributed by atoms with Gasteiger partial charge < -0.3 is 29.4 Å². The average molecular weight is 411 g/mol. The standard InChI is InChI=1S/C20H29NO8/c22-18(7-8-19(23)24)21-9-4-10-26-11-12-27-13-14-28-15-16-29-20(25)17-5-2-1-3-6-17/h1-3,5-6H,4,7-16H2,(H,21,22)(H,23,24). The molecule has 0 fully saturated rings. The Kier molecular flexibility index (Phi) is 13.9. The highest BCUT2D eigenvalue weighted by atomic mass is 16.6. The van der Waals surface area contributed by atoms with Crippen LogP contribution in [0.3, 0.4) is 0 Å². The molecule has 0 atom stereocenters. The van der Waals surface area contributed by atoms with Gasteiger partial charge >= 0.3 is 11.9 Å². The van der Waals surface area contributed by atoms with Crippen molar-refractivity contribution >= 4 is 17.8 Å². The zero-order chi connectivity index (χ0) is 21.2. The molecule has 0 heterocycles. The quantitative estimate of drug-likeness (QED) is 0.290. The monoisotopic (exact) mass is 411 g/mol. The number of hydrogen-bond donors (Lipinski definition) is 2. The summed E-state index contributed by atoms with van der Waals surface area (Å²) < 4.78 is 21.1. The molecular weight excluding hydrogens is 382 g/mol. The van der Waals surface area contributed by atoms with Crippen molar-refractivity contribution in [3.63, 3.8) is 0 Å². The van der Waals surface area contributed by atoms with Crippen LogP contribution in [0.2, 0.25) is 0 Å². The number of amides is 1. The summed E-state index contributed by atoms with van der Waals surface area (Å²) in [6.07, 6.45) is 0.466. The number of aliphatic carboxylic acids is 1. The van der Waals surface area contributed by atoms with Gasteiger partial charge in [0.25, 0.3) is 0 Å². The van der Waals surface area contributed by atoms with Gasteiger partial charge in [0.15, 0.2) is 0 Å². The summed E-state index contributed by atoms with van der Waals surface area (Å²) in [6, 6.07) is 8.77. The number of hydrogen-bond acceptors (Lipinski definition) is 7. The SMILES string of the molecule is O=C(O)CCC(=O)NCCCOCCOCCOCCOC(=O)c1ccccc1. The lowest BCUT2D eigenvalue weighted by molar-refractivity contribution is -0.138. The summed E-state index contributed by atoms with van der Waals surface area (Å²) >= 11 is 0. The third-order valence-corrected chi connectivity index (χ3v) is 3.57. The molecule has 0 unspecified atom stereocenters. The van der Waals surface area contributed by atoms with Crippen molar-refractivity contribution in [3.05, 3.63) is 35.9 Å². The summed E-state index contributed by atoms with van der Waals surface area (Å²) in [5.41, 5.74) is 0.511. The summed E-state index contributed by atoms with van der Waals surface area (Å²) in [7, 11) is 0. The van der Waals surface area contributed by atoms with E-state index in [2.05, 4.69) is 5.32 Å². The van der Waals surface area contributed by atoms with Gasteiger partial charge in [-0.3, -0.25) is 9.59 Å². The van der Waals surface area contributed by atoms with Crippen molar-refractivity contribution in [1.82, 2.24) is 5.32 Å². The maximum absolute atomic E-state index is 11.7. The van der Waals surface area contributed by atoms with E-state index in [-0.39, 0.29) is 31.3 Å². The molecule has 2 N–H and O–H groups in total. The molecule has 29 heavy (non-hydrogen) atoms. The maximum Gasteiger partial charge on any atom is 0.338 e. The van der Waals surface area contributed by atoms with Crippen LogP contribution in [0.1, 0.15) is 29.6 Å². The Morgan fingerprint density at radius 3 is 2.00 bits per heavy atom. The first kappa shape index (κ1) is 24.5. The van der Waals surface area contributed by atoms with Crippen LogP contribution in [0.25, 0.3) is 0 Å². The molecule has 9 heteroatoms. The number of ether oxygens (including phenoxy) is 4. The van der Waals surface area contributed by atoms with E-state index in [1.54, 1.807) is 24.3 Å². The number of carbonyl (C=O) groups excluding carboxylic acids is 2. The number of esters is 1. The first-order chi connectivity index (χ1) is 14.1. The minimum Gasteiger partial charge on any atom is -0.481 e. The highest BCUT2D eigenvalue weighted by molar-refractivity contribution is 5.89. The van der Waals surface area contributed by atoms with E-state index in [4.69, 9.17) is 24.1 Å². The van der Waals surface area contributed by atoms with Gasteiger partial charge in [-0.15, -0.1) is 0 Å². The lowest BCUT2D eigenvalue weighted by atomic mass is 10.2. The third-order valence-electron chi connectivity index (χ3n) is 3.57. The fraction of sp³-hybridized carbons (Fsp3) is 0.550. The van der Waals surface area contributed by atoms with E-state index in [1.165, 1.54) is 0 Å². The highest BCUT2D eigenvalue weighted by Crippen LogP contribution is 2.00. The average Bonchev–Trinajstić information content (AvgIpc) is 2.72. The summed E-state index contributed by atoms with van der Waals surface area (Å²) in [6.45, 7) is 3.08. The van der Waals surface area contributed by atoms with Crippen LogP contribution in [-0.4, -0.2) is 75.7 Å². The lowest BCUT2D eigenvalue weighted by Gasteiger charge is -2.08. The first-order valence-electron chi connectivity index (χ1n) is 9.53. The zero-order valence-corrected chi connectivity index (χ0v) is 16.5. The molecule has 0 radical (unpaired) electrons. The molecule has 0 saturated heterocycles. The van der Waals surface area contributed by atoms with Crippen molar-refractivity contribution < 1.29 is 38.4 Å². The minimum absolute atomic E-state index is 0.0123. The summed E-state index contributed by atoms with van der Waals surface area (Å²) in [4.78, 5) is 33.3. The van der Waals surface area contributed by atoms with Gasteiger partial charge in [-0.2, -0.15) is 0 Å². The largest absolute Gasteiger partial charge is 0.481 e. The van der Waals surface area contributed by atoms with Crippen LogP contribution in [0.5, 0.6) is 0 Å². The molecule has 1 amide bonds. The first-order valence-corrected chi connectivity index (χ1v) is 9.53. The Labute approximate surface area is 170 Å². The van der Waals surface area contributed by atoms with E-state index in [0.717, 1.165) is 0 Å². The molecule has 0 aliphatic rings. The molecular formula is C20H29NO8. The van der Waals surface area contributed by atoms with Crippen LogP contribution in [0, 0.1) is 0 Å². The number of rotatable bonds is 17. The van der Waals surface area contributed by atoms with Gasteiger partial charge in [0.05, 0.1) is 45.0 Å². The molecule has 0 saturated carbocycles. The Hall–Kier alpha value is -2.49. The molecule has 0 bridgehead atoms. The summed E-state index contributed by atoms with van der Waals surface area (Å²) in [5, 5.41) is 11.1. The van der Waals surface area contributed by atoms with Crippen LogP contribution in [-0.2, 0) is 28.5 Å². The van der Waals surface area contributed by atoms with E-state index in [1.807, 2.05) is 6.07 Å². The molecule has 0 spiro atoms. The predicted octanol–water partition coefficient (Wildman–Crippen LogP) is 1.26. The molecule has 162 valence electrons. The normalized spacial score (nSPS) is 10.5. The van der Waals surface area contributed by atoms with Gasteiger partial charge in [-0.1, -0.05) is 18.2 Å². The van der Waals surface area contributed by atoms with E-state index < -0.39 is 5.97 Å². The minimum atomic E-state index is -0.986. The van der Waals surface area contributed by atoms with Crippen molar-refractivity contribution in [2.75, 3.05) is 52.8 Å². The number of carboxylic acids is 1. The van der Waals surface area contributed by atoms with E-state index in [9.17, 15) is 14.4 Å². The lowest BCUT2D eigenvalue weighted by Crippen LogP contribution is -2.25. The zero-order valence-electron chi connectivity index (χ0n) is 16.5. The van der Waals surface area contributed by atoms with Gasteiger partial charge in [-0.05, 0) is 18.6 Å². The van der Waals surface area contributed by atoms with Crippen molar-refractivity contribution in [1.29, 1.82) is 0 Å². The topological polar surface area (TPSA) is 120 Å². The Bertz CT molecular complexity index is 593. The van der Waals surface area contributed by atoms with Crippen LogP contribution < -0.4 is 5.32 Å². The fourth-order valence-electron chi connectivity index (χ4n) is 2.10. The molecule has 0 aliphatic carbocycles. The molecule has 1 aromatic carbocycles. The van der Waals surface area contributed by atoms with Crippen LogP contribution in [0.4, 0.5) is 0 Å². The van der Waals surface area contributed by atoms with E-state index in [0.29, 0.717) is 58.2 Å². The molecule has 0 aromatic heterocycles. The molecule has 9 nitrogen and oxygen atoms in total. The molecule has 0 aliphatic heterocycles. The van der Waals surface area contributed by atoms with Crippen molar-refractivity contribution in [2.24, 2.45) is 0 Å². The highest BCUT2D eigenvalue weighted by Gasteiger charge is 2.05. The number of carboxylic acid groups (broad SMARTS) is 1. The number of nitrogens with one attached hydrogen (secondary N) is 1. The van der Waals surface area contributed by atoms with Crippen LogP contribution >= 0.6 is 0 Å². The second kappa shape index (κ2) is 16.5. The van der Waals surface area contributed by atoms with Crippen molar-refractivity contribution in [3.8, 4) is 0 Å². The number of carbonyl (C=O) groups is 3. The third kappa shape index (κ3) is 14.2. The van der Waals surface area contributed by atoms with Crippen LogP contribution in [0.15, 0.2) is 30.3 Å². The smallest absolute Gasteiger partial charge is 0.338 e. The Balaban J connectivity index is 1.79. The predicted molar refractivity (Wildman–Crippen MR) is 104 cm³/mol. The summed E-state index contributed by atoms with van der Waals surface area (Å²) in [5.74, 6) is -1.63. The van der Waals surface area contributed by atoms with Gasteiger partial charge in [0.1, 0.15) is 6.61 Å². The number of benzene rings is 1. The second-order valence-corrected chi connectivity index (χ2v) is 5.94. The van der Waals surface area contributed by atoms with Gasteiger partial charge in [-0.25, -0.2) is 4.79 Å². The van der Waals surface area contributed by atoms with Crippen molar-refractivity contribution in [2.45, 2.75) is 19.3 Å². The van der Waals surface area contributed by atoms with E-state index >= 15 is 0 Å². The fourth-order valence-corrected chi connectivity index (χ4v) is 2.10.